The number of pyridine rings is 1. The third-order valence-corrected chi connectivity index (χ3v) is 4.64. The van der Waals surface area contributed by atoms with Gasteiger partial charge in [0.05, 0.1) is 12.1 Å². The predicted octanol–water partition coefficient (Wildman–Crippen LogP) is 1.47. The fourth-order valence-electron chi connectivity index (χ4n) is 3.21. The predicted molar refractivity (Wildman–Crippen MR) is 96.8 cm³/mol. The van der Waals surface area contributed by atoms with Crippen LogP contribution in [0.1, 0.15) is 47.3 Å². The summed E-state index contributed by atoms with van der Waals surface area (Å²) in [6.07, 6.45) is 3.11. The highest BCUT2D eigenvalue weighted by Gasteiger charge is 2.32. The summed E-state index contributed by atoms with van der Waals surface area (Å²) in [4.78, 5) is 30.6. The Morgan fingerprint density at radius 2 is 2.08 bits per heavy atom. The van der Waals surface area contributed by atoms with E-state index in [0.717, 1.165) is 0 Å². The first-order chi connectivity index (χ1) is 12.5. The molecule has 26 heavy (non-hydrogen) atoms. The summed E-state index contributed by atoms with van der Waals surface area (Å²) >= 11 is 0. The summed E-state index contributed by atoms with van der Waals surface area (Å²) in [5.74, 6) is -0.416. The molecular formula is C19H24N4O3. The Morgan fingerprint density at radius 1 is 1.27 bits per heavy atom. The highest BCUT2D eigenvalue weighted by Crippen LogP contribution is 2.18. The molecule has 0 spiro atoms. The topological polar surface area (TPSA) is 87.5 Å². The minimum absolute atomic E-state index is 0.0998. The van der Waals surface area contributed by atoms with Gasteiger partial charge in [0.1, 0.15) is 11.4 Å². The maximum atomic E-state index is 12.8. The third-order valence-electron chi connectivity index (χ3n) is 4.64. The van der Waals surface area contributed by atoms with Crippen LogP contribution in [0.25, 0.3) is 0 Å². The molecule has 2 N–H and O–H groups in total. The summed E-state index contributed by atoms with van der Waals surface area (Å²) in [7, 11) is 0. The van der Waals surface area contributed by atoms with Crippen molar-refractivity contribution in [3.63, 3.8) is 0 Å². The van der Waals surface area contributed by atoms with E-state index in [9.17, 15) is 14.7 Å². The Morgan fingerprint density at radius 3 is 2.73 bits per heavy atom. The number of aromatic nitrogens is 2. The second-order valence-corrected chi connectivity index (χ2v) is 6.80. The van der Waals surface area contributed by atoms with Crippen molar-refractivity contribution < 1.29 is 14.7 Å². The molecule has 3 rings (SSSR count). The van der Waals surface area contributed by atoms with Crippen LogP contribution in [0.15, 0.2) is 42.7 Å². The molecule has 2 unspecified atom stereocenters. The van der Waals surface area contributed by atoms with E-state index >= 15 is 0 Å². The number of aliphatic hydroxyl groups excluding tert-OH is 1. The summed E-state index contributed by atoms with van der Waals surface area (Å²) in [6.45, 7) is 4.71. The number of piperidine rings is 1. The lowest BCUT2D eigenvalue weighted by Crippen LogP contribution is -2.55. The maximum absolute atomic E-state index is 12.8. The van der Waals surface area contributed by atoms with E-state index < -0.39 is 12.1 Å². The number of rotatable bonds is 4. The van der Waals surface area contributed by atoms with E-state index in [1.54, 1.807) is 35.4 Å². The van der Waals surface area contributed by atoms with Gasteiger partial charge in [0.2, 0.25) is 0 Å². The van der Waals surface area contributed by atoms with E-state index in [2.05, 4.69) is 10.3 Å². The second-order valence-electron chi connectivity index (χ2n) is 6.80. The smallest absolute Gasteiger partial charge is 0.270 e. The molecule has 7 nitrogen and oxygen atoms in total. The molecule has 1 aliphatic rings. The molecule has 1 aliphatic heterocycles. The van der Waals surface area contributed by atoms with Crippen molar-refractivity contribution >= 4 is 11.8 Å². The molecule has 0 bridgehead atoms. The van der Waals surface area contributed by atoms with Gasteiger partial charge in [-0.3, -0.25) is 14.6 Å². The van der Waals surface area contributed by atoms with Gasteiger partial charge < -0.3 is 19.9 Å². The van der Waals surface area contributed by atoms with Crippen molar-refractivity contribution in [3.05, 3.63) is 54.1 Å². The van der Waals surface area contributed by atoms with E-state index in [1.165, 1.54) is 0 Å². The first kappa shape index (κ1) is 18.1. The van der Waals surface area contributed by atoms with Gasteiger partial charge in [-0.15, -0.1) is 0 Å². The molecule has 2 amide bonds. The van der Waals surface area contributed by atoms with Gasteiger partial charge >= 0.3 is 0 Å². The van der Waals surface area contributed by atoms with E-state index in [0.29, 0.717) is 24.4 Å². The summed E-state index contributed by atoms with van der Waals surface area (Å²) in [5, 5.41) is 13.2. The second kappa shape index (κ2) is 7.70. The third kappa shape index (κ3) is 3.77. The van der Waals surface area contributed by atoms with E-state index in [4.69, 9.17) is 0 Å². The zero-order valence-electron chi connectivity index (χ0n) is 15.0. The zero-order chi connectivity index (χ0) is 18.7. The first-order valence-corrected chi connectivity index (χ1v) is 8.83. The Hall–Kier alpha value is -2.67. The lowest BCUT2D eigenvalue weighted by atomic mass is 10.0. The molecule has 2 atom stereocenters. The molecule has 2 aromatic rings. The van der Waals surface area contributed by atoms with Crippen LogP contribution in [-0.4, -0.2) is 56.6 Å². The van der Waals surface area contributed by atoms with Crippen molar-refractivity contribution in [1.29, 1.82) is 0 Å². The number of likely N-dealkylation sites (tertiary alicyclic amines) is 1. The van der Waals surface area contributed by atoms with Crippen LogP contribution >= 0.6 is 0 Å². The van der Waals surface area contributed by atoms with Crippen molar-refractivity contribution in [3.8, 4) is 0 Å². The molecule has 0 saturated carbocycles. The number of carbonyl (C=O) groups excluding carboxylic acids is 2. The minimum atomic E-state index is -0.817. The van der Waals surface area contributed by atoms with Gasteiger partial charge in [-0.2, -0.15) is 0 Å². The van der Waals surface area contributed by atoms with Crippen molar-refractivity contribution in [2.45, 2.75) is 38.5 Å². The number of nitrogens with one attached hydrogen (secondary N) is 1. The average molecular weight is 356 g/mol. The quantitative estimate of drug-likeness (QED) is 0.868. The lowest BCUT2D eigenvalue weighted by Gasteiger charge is -2.36. The van der Waals surface area contributed by atoms with Crippen LogP contribution in [-0.2, 0) is 0 Å². The monoisotopic (exact) mass is 356 g/mol. The first-order valence-electron chi connectivity index (χ1n) is 8.83. The largest absolute Gasteiger partial charge is 0.389 e. The molecule has 0 aliphatic carbocycles. The molecule has 138 valence electrons. The Bertz CT molecular complexity index is 772. The van der Waals surface area contributed by atoms with Gasteiger partial charge in [0.25, 0.3) is 11.8 Å². The molecule has 1 saturated heterocycles. The van der Waals surface area contributed by atoms with Gasteiger partial charge in [0.15, 0.2) is 0 Å². The SMILES string of the molecule is CC(C)n1cccc1C(=O)N1CCC(NC(=O)c2ccccn2)C(O)C1. The fraction of sp³-hybridized carbons (Fsp3) is 0.421. The standard InChI is InChI=1S/C19H24N4O3/c1-13(2)23-10-5-7-16(23)19(26)22-11-8-14(17(24)12-22)21-18(25)15-6-3-4-9-20-15/h3-7,9-10,13-14,17,24H,8,11-12H2,1-2H3,(H,21,25). The van der Waals surface area contributed by atoms with Crippen LogP contribution in [0.2, 0.25) is 0 Å². The van der Waals surface area contributed by atoms with Crippen LogP contribution < -0.4 is 5.32 Å². The van der Waals surface area contributed by atoms with E-state index in [-0.39, 0.29) is 24.4 Å². The van der Waals surface area contributed by atoms with Gasteiger partial charge in [0, 0.05) is 31.5 Å². The molecular weight excluding hydrogens is 332 g/mol. The average Bonchev–Trinajstić information content (AvgIpc) is 3.13. The number of β-amino-alcohol motifs (C(OH)–C–C–N with tert-alkyl or cyclic N) is 1. The van der Waals surface area contributed by atoms with Crippen LogP contribution in [0, 0.1) is 0 Å². The number of aliphatic hydroxyl groups is 1. The highest BCUT2D eigenvalue weighted by molar-refractivity contribution is 5.93. The summed E-state index contributed by atoms with van der Waals surface area (Å²) in [6, 6.07) is 8.54. The van der Waals surface area contributed by atoms with Crippen molar-refractivity contribution in [2.75, 3.05) is 13.1 Å². The molecule has 3 heterocycles. The number of hydrogen-bond acceptors (Lipinski definition) is 4. The normalized spacial score (nSPS) is 20.2. The Labute approximate surface area is 152 Å². The van der Waals surface area contributed by atoms with Crippen molar-refractivity contribution in [2.24, 2.45) is 0 Å². The van der Waals surface area contributed by atoms with Gasteiger partial charge in [-0.1, -0.05) is 6.07 Å². The molecule has 2 aromatic heterocycles. The minimum Gasteiger partial charge on any atom is -0.389 e. The summed E-state index contributed by atoms with van der Waals surface area (Å²) < 4.78 is 1.92. The summed E-state index contributed by atoms with van der Waals surface area (Å²) in [5.41, 5.74) is 0.927. The Kier molecular flexibility index (Phi) is 5.37. The van der Waals surface area contributed by atoms with Gasteiger partial charge in [-0.25, -0.2) is 0 Å². The number of hydrogen-bond donors (Lipinski definition) is 2. The Balaban J connectivity index is 1.62. The molecule has 0 radical (unpaired) electrons. The lowest BCUT2D eigenvalue weighted by molar-refractivity contribution is 0.0307. The number of amides is 2. The molecule has 7 heteroatoms. The van der Waals surface area contributed by atoms with Gasteiger partial charge in [-0.05, 0) is 44.5 Å². The van der Waals surface area contributed by atoms with Crippen LogP contribution in [0.4, 0.5) is 0 Å². The number of nitrogens with zero attached hydrogens (tertiary/aromatic N) is 3. The van der Waals surface area contributed by atoms with E-state index in [1.807, 2.05) is 30.7 Å². The highest BCUT2D eigenvalue weighted by atomic mass is 16.3. The maximum Gasteiger partial charge on any atom is 0.270 e. The number of carbonyl (C=O) groups is 2. The zero-order valence-corrected chi connectivity index (χ0v) is 15.0. The molecule has 1 fully saturated rings. The van der Waals surface area contributed by atoms with Crippen LogP contribution in [0.5, 0.6) is 0 Å². The van der Waals surface area contributed by atoms with Crippen molar-refractivity contribution in [1.82, 2.24) is 19.8 Å². The fourth-order valence-corrected chi connectivity index (χ4v) is 3.21. The molecule has 0 aromatic carbocycles. The van der Waals surface area contributed by atoms with Crippen LogP contribution in [0.3, 0.4) is 0 Å².